The Balaban J connectivity index is 1.37. The molecule has 186 valence electrons. The number of hydrogen-bond acceptors (Lipinski definition) is 4. The molecule has 1 aliphatic rings. The highest BCUT2D eigenvalue weighted by atomic mass is 16.2. The molecule has 0 aromatic heterocycles. The van der Waals surface area contributed by atoms with Gasteiger partial charge in [0.1, 0.15) is 11.7 Å². The van der Waals surface area contributed by atoms with Crippen molar-refractivity contribution in [2.45, 2.75) is 18.4 Å². The van der Waals surface area contributed by atoms with E-state index in [-0.39, 0.29) is 17.9 Å². The summed E-state index contributed by atoms with van der Waals surface area (Å²) in [5.74, 6) is -0.332. The van der Waals surface area contributed by atoms with Gasteiger partial charge in [0, 0.05) is 31.7 Å². The van der Waals surface area contributed by atoms with Gasteiger partial charge in [-0.3, -0.25) is 9.59 Å². The second kappa shape index (κ2) is 11.6. The average Bonchev–Trinajstić information content (AvgIpc) is 3.38. The molecule has 0 spiro atoms. The third-order valence-corrected chi connectivity index (χ3v) is 6.99. The normalized spacial score (nSPS) is 15.8. The molecule has 4 N–H and O–H groups in total. The monoisotopic (exact) mass is 484 g/mol. The fourth-order valence-corrected chi connectivity index (χ4v) is 5.26. The fraction of sp³-hybridized carbons (Fsp3) is 0.276. The van der Waals surface area contributed by atoms with Gasteiger partial charge in [0.2, 0.25) is 5.91 Å². The highest BCUT2D eigenvalue weighted by Crippen LogP contribution is 2.43. The van der Waals surface area contributed by atoms with E-state index < -0.39 is 5.41 Å². The first-order valence-electron chi connectivity index (χ1n) is 12.2. The molecule has 1 heterocycles. The number of urea groups is 1. The Hall–Kier alpha value is -3.97. The summed E-state index contributed by atoms with van der Waals surface area (Å²) in [6.45, 7) is 3.01. The van der Waals surface area contributed by atoms with Crippen LogP contribution in [0.4, 0.5) is 4.79 Å². The third kappa shape index (κ3) is 5.47. The first kappa shape index (κ1) is 25.1. The molecule has 3 aromatic carbocycles. The quantitative estimate of drug-likeness (QED) is 0.385. The van der Waals surface area contributed by atoms with Crippen molar-refractivity contribution in [1.82, 2.24) is 15.5 Å². The number of aldehydes is 1. The highest BCUT2D eigenvalue weighted by Gasteiger charge is 2.49. The highest BCUT2D eigenvalue weighted by molar-refractivity contribution is 5.91. The minimum Gasteiger partial charge on any atom is -0.369 e. The van der Waals surface area contributed by atoms with E-state index in [1.807, 2.05) is 66.7 Å². The number of nitrogens with two attached hydrogens (primary N) is 1. The molecule has 0 unspecified atom stereocenters. The summed E-state index contributed by atoms with van der Waals surface area (Å²) in [6, 6.07) is 26.5. The molecule has 4 rings (SSSR count). The van der Waals surface area contributed by atoms with Crippen LogP contribution in [0.2, 0.25) is 0 Å². The molecule has 0 aliphatic carbocycles. The standard InChI is InChI=1S/C29H32N4O3/c30-27(35)29(24-10-3-1-4-11-24,25-12-5-2-6-13-25)26-14-16-33(20-26)17-15-31-28(36)32-19-22-8-7-9-23(18-22)21-34/h1-13,18,21,26H,14-17,19-20H2,(H2,30,35)(H2,31,32,36)/t26-/m1/s1. The van der Waals surface area contributed by atoms with Gasteiger partial charge in [-0.25, -0.2) is 4.79 Å². The van der Waals surface area contributed by atoms with Crippen molar-refractivity contribution in [3.8, 4) is 0 Å². The summed E-state index contributed by atoms with van der Waals surface area (Å²) < 4.78 is 0. The van der Waals surface area contributed by atoms with Crippen molar-refractivity contribution in [3.05, 3.63) is 107 Å². The Labute approximate surface area is 211 Å². The molecule has 1 saturated heterocycles. The van der Waals surface area contributed by atoms with E-state index in [4.69, 9.17) is 5.73 Å². The Kier molecular flexibility index (Phi) is 8.13. The zero-order chi connectivity index (χ0) is 25.4. The molecule has 36 heavy (non-hydrogen) atoms. The fourth-order valence-electron chi connectivity index (χ4n) is 5.26. The smallest absolute Gasteiger partial charge is 0.315 e. The number of primary amides is 1. The van der Waals surface area contributed by atoms with E-state index in [2.05, 4.69) is 15.5 Å². The summed E-state index contributed by atoms with van der Waals surface area (Å²) in [5, 5.41) is 5.72. The maximum Gasteiger partial charge on any atom is 0.315 e. The van der Waals surface area contributed by atoms with Crippen LogP contribution in [0.1, 0.15) is 33.5 Å². The van der Waals surface area contributed by atoms with Crippen LogP contribution in [0.25, 0.3) is 0 Å². The summed E-state index contributed by atoms with van der Waals surface area (Å²) >= 11 is 0. The number of nitrogens with zero attached hydrogens (tertiary/aromatic N) is 1. The first-order chi connectivity index (χ1) is 17.5. The first-order valence-corrected chi connectivity index (χ1v) is 12.2. The van der Waals surface area contributed by atoms with Gasteiger partial charge in [0.15, 0.2) is 0 Å². The van der Waals surface area contributed by atoms with E-state index in [9.17, 15) is 14.4 Å². The van der Waals surface area contributed by atoms with Crippen LogP contribution < -0.4 is 16.4 Å². The maximum absolute atomic E-state index is 13.2. The molecular weight excluding hydrogens is 452 g/mol. The molecule has 0 radical (unpaired) electrons. The lowest BCUT2D eigenvalue weighted by Gasteiger charge is -2.37. The van der Waals surface area contributed by atoms with E-state index in [1.165, 1.54) is 0 Å². The van der Waals surface area contributed by atoms with Crippen LogP contribution in [-0.4, -0.2) is 49.3 Å². The van der Waals surface area contributed by atoms with Crippen molar-refractivity contribution >= 4 is 18.2 Å². The van der Waals surface area contributed by atoms with Gasteiger partial charge in [-0.05, 0) is 41.6 Å². The molecule has 1 aliphatic heterocycles. The third-order valence-electron chi connectivity index (χ3n) is 6.99. The molecular formula is C29H32N4O3. The predicted molar refractivity (Wildman–Crippen MR) is 139 cm³/mol. The lowest BCUT2D eigenvalue weighted by Crippen LogP contribution is -2.49. The minimum absolute atomic E-state index is 0.0127. The van der Waals surface area contributed by atoms with E-state index in [0.29, 0.717) is 31.7 Å². The Morgan fingerprint density at radius 1 is 0.944 bits per heavy atom. The average molecular weight is 485 g/mol. The van der Waals surface area contributed by atoms with E-state index in [1.54, 1.807) is 18.2 Å². The van der Waals surface area contributed by atoms with E-state index in [0.717, 1.165) is 35.9 Å². The maximum atomic E-state index is 13.2. The number of carbonyl (C=O) groups is 3. The minimum atomic E-state index is -0.919. The number of likely N-dealkylation sites (tertiary alicyclic amines) is 1. The van der Waals surface area contributed by atoms with Crippen molar-refractivity contribution in [1.29, 1.82) is 0 Å². The molecule has 3 aromatic rings. The van der Waals surface area contributed by atoms with Gasteiger partial charge in [-0.15, -0.1) is 0 Å². The number of amides is 3. The number of benzene rings is 3. The Morgan fingerprint density at radius 2 is 1.61 bits per heavy atom. The van der Waals surface area contributed by atoms with Crippen molar-refractivity contribution in [2.24, 2.45) is 11.7 Å². The van der Waals surface area contributed by atoms with Gasteiger partial charge >= 0.3 is 6.03 Å². The molecule has 7 nitrogen and oxygen atoms in total. The second-order valence-electron chi connectivity index (χ2n) is 9.16. The molecule has 1 fully saturated rings. The zero-order valence-electron chi connectivity index (χ0n) is 20.2. The van der Waals surface area contributed by atoms with E-state index >= 15 is 0 Å². The number of carbonyl (C=O) groups excluding carboxylic acids is 3. The van der Waals surface area contributed by atoms with Crippen LogP contribution in [0.3, 0.4) is 0 Å². The number of nitrogens with one attached hydrogen (secondary N) is 2. The van der Waals surface area contributed by atoms with Crippen LogP contribution in [0.15, 0.2) is 84.9 Å². The van der Waals surface area contributed by atoms with Gasteiger partial charge in [-0.1, -0.05) is 78.9 Å². The van der Waals surface area contributed by atoms with Crippen LogP contribution in [-0.2, 0) is 16.8 Å². The molecule has 0 bridgehead atoms. The van der Waals surface area contributed by atoms with Gasteiger partial charge in [-0.2, -0.15) is 0 Å². The lowest BCUT2D eigenvalue weighted by molar-refractivity contribution is -0.123. The number of rotatable bonds is 10. The largest absolute Gasteiger partial charge is 0.369 e. The van der Waals surface area contributed by atoms with Gasteiger partial charge < -0.3 is 21.3 Å². The topological polar surface area (TPSA) is 105 Å². The zero-order valence-corrected chi connectivity index (χ0v) is 20.2. The Morgan fingerprint density at radius 3 is 2.22 bits per heavy atom. The number of hydrogen-bond donors (Lipinski definition) is 3. The molecule has 1 atom stereocenters. The Bertz CT molecular complexity index is 1140. The molecule has 7 heteroatoms. The van der Waals surface area contributed by atoms with Gasteiger partial charge in [0.05, 0.1) is 0 Å². The van der Waals surface area contributed by atoms with Crippen LogP contribution >= 0.6 is 0 Å². The van der Waals surface area contributed by atoms with Gasteiger partial charge in [0.25, 0.3) is 0 Å². The SMILES string of the molecule is NC(=O)C(c1ccccc1)(c1ccccc1)[C@@H]1CCN(CCNC(=O)NCc2cccc(C=O)c2)C1. The van der Waals surface area contributed by atoms with Crippen molar-refractivity contribution in [2.75, 3.05) is 26.2 Å². The predicted octanol–water partition coefficient (Wildman–Crippen LogP) is 3.09. The summed E-state index contributed by atoms with van der Waals surface area (Å²) in [7, 11) is 0. The summed E-state index contributed by atoms with van der Waals surface area (Å²) in [4.78, 5) is 38.6. The lowest BCUT2D eigenvalue weighted by atomic mass is 9.64. The summed E-state index contributed by atoms with van der Waals surface area (Å²) in [5.41, 5.74) is 8.50. The second-order valence-corrected chi connectivity index (χ2v) is 9.16. The van der Waals surface area contributed by atoms with Crippen LogP contribution in [0, 0.1) is 5.92 Å². The van der Waals surface area contributed by atoms with Crippen molar-refractivity contribution < 1.29 is 14.4 Å². The van der Waals surface area contributed by atoms with Crippen LogP contribution in [0.5, 0.6) is 0 Å². The molecule has 3 amide bonds. The molecule has 0 saturated carbocycles. The summed E-state index contributed by atoms with van der Waals surface area (Å²) in [6.07, 6.45) is 1.61. The van der Waals surface area contributed by atoms with Crippen molar-refractivity contribution in [3.63, 3.8) is 0 Å².